The van der Waals surface area contributed by atoms with Gasteiger partial charge in [0.1, 0.15) is 11.9 Å². The van der Waals surface area contributed by atoms with Crippen LogP contribution in [-0.4, -0.2) is 23.7 Å². The summed E-state index contributed by atoms with van der Waals surface area (Å²) in [6.07, 6.45) is 0.780. The zero-order chi connectivity index (χ0) is 10.8. The van der Waals surface area contributed by atoms with Gasteiger partial charge in [0.2, 0.25) is 0 Å². The molecule has 4 heteroatoms. The van der Waals surface area contributed by atoms with Gasteiger partial charge in [-0.05, 0) is 30.7 Å². The maximum atomic E-state index is 12.7. The van der Waals surface area contributed by atoms with E-state index in [0.717, 1.165) is 12.0 Å². The molecular weight excluding hydrogens is 197 g/mol. The lowest BCUT2D eigenvalue weighted by molar-refractivity contribution is -0.139. The summed E-state index contributed by atoms with van der Waals surface area (Å²) in [4.78, 5) is 10.9. The van der Waals surface area contributed by atoms with E-state index in [1.165, 1.54) is 12.1 Å². The molecule has 1 aliphatic heterocycles. The van der Waals surface area contributed by atoms with Gasteiger partial charge in [-0.3, -0.25) is 4.79 Å². The van der Waals surface area contributed by atoms with Gasteiger partial charge in [-0.15, -0.1) is 0 Å². The molecule has 0 aromatic heterocycles. The molecule has 1 fully saturated rings. The van der Waals surface area contributed by atoms with Crippen molar-refractivity contribution in [2.45, 2.75) is 18.4 Å². The van der Waals surface area contributed by atoms with E-state index < -0.39 is 12.0 Å². The van der Waals surface area contributed by atoms with Crippen molar-refractivity contribution in [3.63, 3.8) is 0 Å². The zero-order valence-corrected chi connectivity index (χ0v) is 8.11. The van der Waals surface area contributed by atoms with Gasteiger partial charge in [0.25, 0.3) is 0 Å². The van der Waals surface area contributed by atoms with Crippen molar-refractivity contribution in [3.8, 4) is 0 Å². The predicted octanol–water partition coefficient (Wildman–Crippen LogP) is 1.36. The highest BCUT2D eigenvalue weighted by molar-refractivity contribution is 5.75. The van der Waals surface area contributed by atoms with Crippen LogP contribution in [-0.2, 0) is 4.79 Å². The number of carboxylic acids is 1. The fourth-order valence-electron chi connectivity index (χ4n) is 2.03. The van der Waals surface area contributed by atoms with Gasteiger partial charge in [-0.2, -0.15) is 0 Å². The molecule has 1 aromatic rings. The van der Waals surface area contributed by atoms with Crippen molar-refractivity contribution in [3.05, 3.63) is 35.6 Å². The summed E-state index contributed by atoms with van der Waals surface area (Å²) in [5, 5.41) is 11.9. The highest BCUT2D eigenvalue weighted by Gasteiger charge is 2.33. The molecule has 1 aliphatic rings. The van der Waals surface area contributed by atoms with Gasteiger partial charge in [-0.1, -0.05) is 12.1 Å². The average molecular weight is 209 g/mol. The monoisotopic (exact) mass is 209 g/mol. The summed E-state index contributed by atoms with van der Waals surface area (Å²) in [5.74, 6) is -1.19. The molecule has 0 amide bonds. The van der Waals surface area contributed by atoms with Crippen molar-refractivity contribution >= 4 is 5.97 Å². The first-order chi connectivity index (χ1) is 7.18. The van der Waals surface area contributed by atoms with Crippen molar-refractivity contribution < 1.29 is 14.3 Å². The largest absolute Gasteiger partial charge is 0.480 e. The highest BCUT2D eigenvalue weighted by atomic mass is 19.1. The molecule has 1 aromatic carbocycles. The number of hydrogen-bond donors (Lipinski definition) is 2. The van der Waals surface area contributed by atoms with Crippen LogP contribution in [0, 0.1) is 5.82 Å². The van der Waals surface area contributed by atoms with Crippen LogP contribution in [0.15, 0.2) is 24.3 Å². The first kappa shape index (κ1) is 10.1. The molecule has 0 aliphatic carbocycles. The molecule has 0 unspecified atom stereocenters. The number of rotatable bonds is 2. The van der Waals surface area contributed by atoms with Crippen molar-refractivity contribution in [2.24, 2.45) is 0 Å². The summed E-state index contributed by atoms with van der Waals surface area (Å²) in [7, 11) is 0. The van der Waals surface area contributed by atoms with Gasteiger partial charge >= 0.3 is 5.97 Å². The van der Waals surface area contributed by atoms with E-state index >= 15 is 0 Å². The minimum absolute atomic E-state index is 0.0527. The number of carbonyl (C=O) groups is 1. The molecule has 3 nitrogen and oxygen atoms in total. The topological polar surface area (TPSA) is 49.3 Å². The Bertz CT molecular complexity index is 363. The fraction of sp³-hybridized carbons (Fsp3) is 0.364. The van der Waals surface area contributed by atoms with Crippen LogP contribution in [0.25, 0.3) is 0 Å². The Morgan fingerprint density at radius 2 is 2.07 bits per heavy atom. The molecule has 0 saturated carbocycles. The van der Waals surface area contributed by atoms with Crippen molar-refractivity contribution in [2.75, 3.05) is 6.54 Å². The van der Waals surface area contributed by atoms with Crippen molar-refractivity contribution in [1.82, 2.24) is 5.32 Å². The lowest BCUT2D eigenvalue weighted by Gasteiger charge is -2.15. The normalized spacial score (nSPS) is 25.4. The van der Waals surface area contributed by atoms with Gasteiger partial charge < -0.3 is 10.4 Å². The Balaban J connectivity index is 2.22. The fourth-order valence-corrected chi connectivity index (χ4v) is 2.03. The van der Waals surface area contributed by atoms with Crippen LogP contribution in [0.2, 0.25) is 0 Å². The van der Waals surface area contributed by atoms with Crippen LogP contribution in [0.1, 0.15) is 17.9 Å². The molecule has 15 heavy (non-hydrogen) atoms. The third-order valence-electron chi connectivity index (χ3n) is 2.79. The molecule has 1 heterocycles. The smallest absolute Gasteiger partial charge is 0.321 e. The Kier molecular flexibility index (Phi) is 2.68. The minimum atomic E-state index is -0.846. The first-order valence-electron chi connectivity index (χ1n) is 4.90. The Morgan fingerprint density at radius 1 is 1.40 bits per heavy atom. The van der Waals surface area contributed by atoms with Gasteiger partial charge in [0.05, 0.1) is 0 Å². The lowest BCUT2D eigenvalue weighted by atomic mass is 9.92. The summed E-state index contributed by atoms with van der Waals surface area (Å²) in [6.45, 7) is 0.693. The van der Waals surface area contributed by atoms with Crippen molar-refractivity contribution in [1.29, 1.82) is 0 Å². The third kappa shape index (κ3) is 1.99. The minimum Gasteiger partial charge on any atom is -0.480 e. The third-order valence-corrected chi connectivity index (χ3v) is 2.79. The molecule has 2 N–H and O–H groups in total. The maximum absolute atomic E-state index is 12.7. The quantitative estimate of drug-likeness (QED) is 0.773. The summed E-state index contributed by atoms with van der Waals surface area (Å²) < 4.78 is 12.7. The van der Waals surface area contributed by atoms with Gasteiger partial charge in [-0.25, -0.2) is 4.39 Å². The van der Waals surface area contributed by atoms with E-state index in [1.807, 2.05) is 0 Å². The van der Waals surface area contributed by atoms with E-state index in [4.69, 9.17) is 5.11 Å². The molecule has 0 radical (unpaired) electrons. The number of carboxylic acid groups (broad SMARTS) is 1. The van der Waals surface area contributed by atoms with Gasteiger partial charge in [0, 0.05) is 5.92 Å². The summed E-state index contributed by atoms with van der Waals surface area (Å²) >= 11 is 0. The zero-order valence-electron chi connectivity index (χ0n) is 8.11. The lowest BCUT2D eigenvalue weighted by Crippen LogP contribution is -2.34. The van der Waals surface area contributed by atoms with E-state index in [1.54, 1.807) is 12.1 Å². The predicted molar refractivity (Wildman–Crippen MR) is 53.2 cm³/mol. The molecule has 80 valence electrons. The number of nitrogens with one attached hydrogen (secondary N) is 1. The average Bonchev–Trinajstić information content (AvgIpc) is 2.67. The van der Waals surface area contributed by atoms with E-state index in [0.29, 0.717) is 6.54 Å². The Hall–Kier alpha value is -1.42. The highest BCUT2D eigenvalue weighted by Crippen LogP contribution is 2.27. The number of aliphatic carboxylic acids is 1. The number of benzene rings is 1. The van der Waals surface area contributed by atoms with E-state index in [2.05, 4.69) is 5.32 Å². The Morgan fingerprint density at radius 3 is 2.67 bits per heavy atom. The van der Waals surface area contributed by atoms with Crippen LogP contribution < -0.4 is 5.32 Å². The summed E-state index contributed by atoms with van der Waals surface area (Å²) in [6, 6.07) is 5.50. The van der Waals surface area contributed by atoms with Gasteiger partial charge in [0.15, 0.2) is 0 Å². The standard InChI is InChI=1S/C11H12FNO2/c12-8-3-1-7(2-4-8)9-5-6-13-10(9)11(14)15/h1-4,9-10,13H,5-6H2,(H,14,15)/t9-,10+/m0/s1. The molecule has 2 atom stereocenters. The summed E-state index contributed by atoms with van der Waals surface area (Å²) in [5.41, 5.74) is 0.883. The Labute approximate surface area is 86.9 Å². The van der Waals surface area contributed by atoms with Crippen LogP contribution in [0.5, 0.6) is 0 Å². The SMILES string of the molecule is O=C(O)[C@@H]1NCC[C@H]1c1ccc(F)cc1. The van der Waals surface area contributed by atoms with Crippen LogP contribution >= 0.6 is 0 Å². The molecule has 0 spiro atoms. The molecule has 1 saturated heterocycles. The second kappa shape index (κ2) is 3.98. The molecular formula is C11H12FNO2. The molecule has 2 rings (SSSR count). The number of hydrogen-bond acceptors (Lipinski definition) is 2. The van der Waals surface area contributed by atoms with E-state index in [-0.39, 0.29) is 11.7 Å². The molecule has 0 bridgehead atoms. The second-order valence-electron chi connectivity index (χ2n) is 3.72. The van der Waals surface area contributed by atoms with Crippen LogP contribution in [0.3, 0.4) is 0 Å². The number of halogens is 1. The first-order valence-corrected chi connectivity index (χ1v) is 4.90. The second-order valence-corrected chi connectivity index (χ2v) is 3.72. The van der Waals surface area contributed by atoms with Crippen LogP contribution in [0.4, 0.5) is 4.39 Å². The van der Waals surface area contributed by atoms with E-state index in [9.17, 15) is 9.18 Å². The maximum Gasteiger partial charge on any atom is 0.321 e.